The van der Waals surface area contributed by atoms with Crippen LogP contribution in [0.4, 0.5) is 23.7 Å². The van der Waals surface area contributed by atoms with Crippen molar-refractivity contribution < 1.29 is 37.0 Å². The lowest BCUT2D eigenvalue weighted by Crippen LogP contribution is -2.54. The fourth-order valence-corrected chi connectivity index (χ4v) is 4.45. The Morgan fingerprint density at radius 3 is 2.33 bits per heavy atom. The van der Waals surface area contributed by atoms with Gasteiger partial charge in [0.25, 0.3) is 11.8 Å². The van der Waals surface area contributed by atoms with Gasteiger partial charge in [-0.25, -0.2) is 9.69 Å². The fraction of sp³-hybridized carbons (Fsp3) is 0.148. The Morgan fingerprint density at radius 2 is 1.68 bits per heavy atom. The predicted molar refractivity (Wildman–Crippen MR) is 147 cm³/mol. The van der Waals surface area contributed by atoms with Crippen molar-refractivity contribution in [3.8, 4) is 11.5 Å². The Bertz CT molecular complexity index is 1530. The molecular formula is C27H18BrCl2F3N2O5. The summed E-state index contributed by atoms with van der Waals surface area (Å²) in [5.41, 5.74) is -1.14. The summed E-state index contributed by atoms with van der Waals surface area (Å²) in [6.45, 7) is 2.14. The first-order valence-electron chi connectivity index (χ1n) is 11.5. The molecule has 0 atom stereocenters. The third-order valence-electron chi connectivity index (χ3n) is 5.56. The van der Waals surface area contributed by atoms with Crippen LogP contribution in [0.15, 0.2) is 64.6 Å². The minimum atomic E-state index is -4.77. The van der Waals surface area contributed by atoms with E-state index >= 15 is 0 Å². The minimum Gasteiger partial charge on any atom is -0.490 e. The number of halogens is 6. The Kier molecular flexibility index (Phi) is 8.77. The minimum absolute atomic E-state index is 0.104. The smallest absolute Gasteiger partial charge is 0.416 e. The molecule has 1 aliphatic rings. The number of rotatable bonds is 7. The molecule has 3 aromatic carbocycles. The van der Waals surface area contributed by atoms with E-state index in [9.17, 15) is 27.6 Å². The molecule has 4 amide bonds. The lowest BCUT2D eigenvalue weighted by molar-refractivity contribution is -0.137. The molecule has 0 spiro atoms. The second-order valence-corrected chi connectivity index (χ2v) is 10.0. The van der Waals surface area contributed by atoms with Crippen molar-refractivity contribution in [2.45, 2.75) is 19.7 Å². The number of anilines is 1. The molecule has 0 aliphatic carbocycles. The molecule has 13 heteroatoms. The molecule has 1 saturated heterocycles. The van der Waals surface area contributed by atoms with Crippen LogP contribution in [0.5, 0.6) is 11.5 Å². The molecule has 0 radical (unpaired) electrons. The third kappa shape index (κ3) is 6.43. The number of alkyl halides is 3. The summed E-state index contributed by atoms with van der Waals surface area (Å²) < 4.78 is 52.3. The Labute approximate surface area is 244 Å². The Morgan fingerprint density at radius 1 is 0.975 bits per heavy atom. The monoisotopic (exact) mass is 656 g/mol. The van der Waals surface area contributed by atoms with Crippen LogP contribution in [0.3, 0.4) is 0 Å². The highest BCUT2D eigenvalue weighted by molar-refractivity contribution is 9.10. The second-order valence-electron chi connectivity index (χ2n) is 8.30. The average Bonchev–Trinajstić information content (AvgIpc) is 2.87. The number of carbonyl (C=O) groups is 3. The summed E-state index contributed by atoms with van der Waals surface area (Å²) in [5.74, 6) is -1.80. The first-order valence-corrected chi connectivity index (χ1v) is 13.1. The fourth-order valence-electron chi connectivity index (χ4n) is 3.71. The van der Waals surface area contributed by atoms with E-state index in [-0.39, 0.29) is 40.3 Å². The number of nitrogens with zero attached hydrogens (tertiary/aromatic N) is 1. The zero-order chi connectivity index (χ0) is 29.2. The van der Waals surface area contributed by atoms with Crippen LogP contribution in [0.2, 0.25) is 10.0 Å². The van der Waals surface area contributed by atoms with E-state index in [2.05, 4.69) is 15.9 Å². The molecule has 7 nitrogen and oxygen atoms in total. The summed E-state index contributed by atoms with van der Waals surface area (Å²) >= 11 is 15.9. The van der Waals surface area contributed by atoms with Crippen LogP contribution in [-0.4, -0.2) is 24.5 Å². The van der Waals surface area contributed by atoms with Gasteiger partial charge in [0.1, 0.15) is 12.2 Å². The molecule has 1 heterocycles. The topological polar surface area (TPSA) is 84.9 Å². The van der Waals surface area contributed by atoms with Crippen molar-refractivity contribution in [2.24, 2.45) is 0 Å². The molecule has 40 heavy (non-hydrogen) atoms. The summed E-state index contributed by atoms with van der Waals surface area (Å²) in [6.07, 6.45) is -3.64. The second kappa shape index (κ2) is 11.9. The number of hydrogen-bond acceptors (Lipinski definition) is 5. The molecule has 208 valence electrons. The number of barbiturate groups is 1. The van der Waals surface area contributed by atoms with E-state index in [1.165, 1.54) is 12.1 Å². The van der Waals surface area contributed by atoms with Gasteiger partial charge in [0.15, 0.2) is 11.5 Å². The molecule has 3 aromatic rings. The van der Waals surface area contributed by atoms with E-state index < -0.39 is 40.8 Å². The van der Waals surface area contributed by atoms with E-state index in [0.29, 0.717) is 17.0 Å². The SMILES string of the molecule is CCOc1cc(/C=C2/C(=O)NC(=O)N(c3cc(C(F)(F)F)ccc3Cl)C2=O)cc(Cl)c1OCc1ccc(Br)cc1. The van der Waals surface area contributed by atoms with Crippen LogP contribution in [0.1, 0.15) is 23.6 Å². The van der Waals surface area contributed by atoms with Gasteiger partial charge in [-0.3, -0.25) is 14.9 Å². The number of hydrogen-bond donors (Lipinski definition) is 1. The van der Waals surface area contributed by atoms with Crippen LogP contribution in [0, 0.1) is 0 Å². The van der Waals surface area contributed by atoms with Crippen molar-refractivity contribution >= 4 is 68.7 Å². The van der Waals surface area contributed by atoms with Crippen molar-refractivity contribution in [1.29, 1.82) is 0 Å². The van der Waals surface area contributed by atoms with Crippen molar-refractivity contribution in [1.82, 2.24) is 5.32 Å². The van der Waals surface area contributed by atoms with Crippen molar-refractivity contribution in [3.05, 3.63) is 91.4 Å². The number of imide groups is 2. The van der Waals surface area contributed by atoms with Gasteiger partial charge in [-0.2, -0.15) is 13.2 Å². The van der Waals surface area contributed by atoms with E-state index in [1.807, 2.05) is 29.6 Å². The standard InChI is InChI=1S/C27H18BrCl2F3N2O5/c1-2-39-22-11-15(10-20(30)23(22)40-13-14-3-6-17(28)7-4-14)9-18-24(36)34-26(38)35(25(18)37)21-12-16(27(31,32)33)5-8-19(21)29/h3-12H,2,13H2,1H3,(H,34,36,38)/b18-9-. The highest BCUT2D eigenvalue weighted by Crippen LogP contribution is 2.39. The van der Waals surface area contributed by atoms with Crippen LogP contribution in [-0.2, 0) is 22.4 Å². The van der Waals surface area contributed by atoms with Gasteiger partial charge in [0.2, 0.25) is 0 Å². The van der Waals surface area contributed by atoms with Gasteiger partial charge in [-0.1, -0.05) is 51.3 Å². The molecule has 0 unspecified atom stereocenters. The summed E-state index contributed by atoms with van der Waals surface area (Å²) in [6, 6.07) is 11.2. The van der Waals surface area contributed by atoms with Crippen LogP contribution in [0.25, 0.3) is 6.08 Å². The molecule has 1 N–H and O–H groups in total. The van der Waals surface area contributed by atoms with Gasteiger partial charge in [0.05, 0.1) is 27.9 Å². The van der Waals surface area contributed by atoms with Crippen molar-refractivity contribution in [3.63, 3.8) is 0 Å². The van der Waals surface area contributed by atoms with Crippen molar-refractivity contribution in [2.75, 3.05) is 11.5 Å². The highest BCUT2D eigenvalue weighted by Gasteiger charge is 2.39. The van der Waals surface area contributed by atoms with E-state index in [4.69, 9.17) is 32.7 Å². The van der Waals surface area contributed by atoms with Gasteiger partial charge < -0.3 is 9.47 Å². The molecule has 1 aliphatic heterocycles. The summed E-state index contributed by atoms with van der Waals surface area (Å²) in [5, 5.41) is 1.75. The van der Waals surface area contributed by atoms with Crippen LogP contribution < -0.4 is 19.7 Å². The first-order chi connectivity index (χ1) is 18.9. The maximum absolute atomic E-state index is 13.3. The number of nitrogens with one attached hydrogen (secondary N) is 1. The van der Waals surface area contributed by atoms with E-state index in [0.717, 1.165) is 22.2 Å². The van der Waals surface area contributed by atoms with Gasteiger partial charge in [-0.05, 0) is 66.6 Å². The molecule has 0 saturated carbocycles. The maximum atomic E-state index is 13.3. The van der Waals surface area contributed by atoms with Gasteiger partial charge in [-0.15, -0.1) is 0 Å². The number of urea groups is 1. The average molecular weight is 658 g/mol. The normalized spacial score (nSPS) is 14.9. The lowest BCUT2D eigenvalue weighted by Gasteiger charge is -2.27. The van der Waals surface area contributed by atoms with E-state index in [1.54, 1.807) is 6.92 Å². The number of carbonyl (C=O) groups excluding carboxylic acids is 3. The molecule has 0 aromatic heterocycles. The molecular weight excluding hydrogens is 640 g/mol. The first kappa shape index (κ1) is 29.4. The molecule has 4 rings (SSSR count). The van der Waals surface area contributed by atoms with Gasteiger partial charge >= 0.3 is 12.2 Å². The largest absolute Gasteiger partial charge is 0.490 e. The summed E-state index contributed by atoms with van der Waals surface area (Å²) in [4.78, 5) is 38.7. The Hall–Kier alpha value is -3.54. The summed E-state index contributed by atoms with van der Waals surface area (Å²) in [7, 11) is 0. The molecule has 0 bridgehead atoms. The highest BCUT2D eigenvalue weighted by atomic mass is 79.9. The lowest BCUT2D eigenvalue weighted by atomic mass is 10.1. The zero-order valence-corrected chi connectivity index (χ0v) is 23.5. The quantitative estimate of drug-likeness (QED) is 0.211. The number of amides is 4. The number of ether oxygens (including phenoxy) is 2. The molecule has 1 fully saturated rings. The zero-order valence-electron chi connectivity index (χ0n) is 20.4. The maximum Gasteiger partial charge on any atom is 0.416 e. The third-order valence-corrected chi connectivity index (χ3v) is 6.68. The van der Waals surface area contributed by atoms with Crippen LogP contribution >= 0.6 is 39.1 Å². The predicted octanol–water partition coefficient (Wildman–Crippen LogP) is 7.42. The number of benzene rings is 3. The Balaban J connectivity index is 1.69. The van der Waals surface area contributed by atoms with Gasteiger partial charge in [0, 0.05) is 4.47 Å².